The van der Waals surface area contributed by atoms with Gasteiger partial charge in [-0.25, -0.2) is 14.5 Å². The van der Waals surface area contributed by atoms with Gasteiger partial charge in [0.05, 0.1) is 28.9 Å². The zero-order chi connectivity index (χ0) is 18.1. The van der Waals surface area contributed by atoms with E-state index in [1.165, 1.54) is 17.1 Å². The van der Waals surface area contributed by atoms with E-state index in [2.05, 4.69) is 21.6 Å². The average Bonchev–Trinajstić information content (AvgIpc) is 3.07. The van der Waals surface area contributed by atoms with Gasteiger partial charge in [0, 0.05) is 6.20 Å². The van der Waals surface area contributed by atoms with Gasteiger partial charge in [-0.2, -0.15) is 5.10 Å². The van der Waals surface area contributed by atoms with Crippen LogP contribution in [0.3, 0.4) is 0 Å². The van der Waals surface area contributed by atoms with Gasteiger partial charge in [0.25, 0.3) is 5.56 Å². The van der Waals surface area contributed by atoms with Gasteiger partial charge in [-0.1, -0.05) is 32.6 Å². The first-order valence-corrected chi connectivity index (χ1v) is 7.72. The van der Waals surface area contributed by atoms with E-state index in [9.17, 15) is 9.59 Å². The first-order valence-electron chi connectivity index (χ1n) is 7.72. The molecule has 0 amide bonds. The fourth-order valence-electron chi connectivity index (χ4n) is 1.87. The zero-order valence-corrected chi connectivity index (χ0v) is 14.4. The van der Waals surface area contributed by atoms with Gasteiger partial charge in [0.1, 0.15) is 0 Å². The fourth-order valence-corrected chi connectivity index (χ4v) is 1.87. The van der Waals surface area contributed by atoms with Crippen LogP contribution in [0.1, 0.15) is 38.1 Å². The molecule has 0 saturated carbocycles. The number of hydrogen-bond acceptors (Lipinski definition) is 5. The lowest BCUT2D eigenvalue weighted by atomic mass is 10.3. The van der Waals surface area contributed by atoms with Crippen LogP contribution >= 0.6 is 0 Å². The highest BCUT2D eigenvalue weighted by atomic mass is 16.5. The van der Waals surface area contributed by atoms with Gasteiger partial charge in [0.15, 0.2) is 0 Å². The smallest absolute Gasteiger partial charge is 0.341 e. The number of rotatable bonds is 4. The number of carbonyl (C=O) groups is 1. The lowest BCUT2D eigenvalue weighted by Crippen LogP contribution is -2.43. The van der Waals surface area contributed by atoms with Crippen molar-refractivity contribution in [2.45, 2.75) is 27.7 Å². The molecule has 2 heterocycles. The Morgan fingerprint density at radius 3 is 2.75 bits per heavy atom. The van der Waals surface area contributed by atoms with E-state index in [-0.39, 0.29) is 23.7 Å². The molecule has 0 aromatic carbocycles. The number of carbonyl (C=O) groups excluding carboxylic acids is 1. The fraction of sp³-hybridized carbons (Fsp3) is 0.294. The molecule has 128 valence electrons. The molecular weight excluding hydrogens is 308 g/mol. The number of H-pyrrole nitrogens is 1. The van der Waals surface area contributed by atoms with Crippen molar-refractivity contribution in [3.05, 3.63) is 51.5 Å². The molecule has 7 heteroatoms. The largest absolute Gasteiger partial charge is 0.462 e. The second kappa shape index (κ2) is 9.24. The summed E-state index contributed by atoms with van der Waals surface area (Å²) >= 11 is 0. The highest BCUT2D eigenvalue weighted by Gasteiger charge is 2.11. The maximum Gasteiger partial charge on any atom is 0.341 e. The van der Waals surface area contributed by atoms with Gasteiger partial charge in [-0.3, -0.25) is 9.78 Å². The molecule has 0 spiro atoms. The van der Waals surface area contributed by atoms with E-state index in [0.29, 0.717) is 10.6 Å². The van der Waals surface area contributed by atoms with Crippen LogP contribution in [0.2, 0.25) is 0 Å². The van der Waals surface area contributed by atoms with Crippen LogP contribution in [0.25, 0.3) is 18.1 Å². The maximum absolute atomic E-state index is 12.1. The SMILES string of the molecule is C=C/C=c1/nc(-n2cc(C(=O)OCC)cn2)[nH]c(=O)/c1=C/C.CC. The Hall–Kier alpha value is -2.96. The standard InChI is InChI=1S/C15H16N4O3.C2H6/c1-4-7-12-11(5-2)13(20)18-15(17-12)19-9-10(8-16-19)14(21)22-6-3;1-2/h4-5,7-9H,1,6H2,2-3H3,(H,17,18,20);1-2H3/b11-5+,12-7+;. The summed E-state index contributed by atoms with van der Waals surface area (Å²) in [7, 11) is 0. The predicted octanol–water partition coefficient (Wildman–Crippen LogP) is 0.925. The van der Waals surface area contributed by atoms with Gasteiger partial charge < -0.3 is 4.74 Å². The van der Waals surface area contributed by atoms with Crippen molar-refractivity contribution in [1.82, 2.24) is 19.7 Å². The minimum absolute atomic E-state index is 0.208. The molecule has 1 N–H and O–H groups in total. The van der Waals surface area contributed by atoms with Crippen molar-refractivity contribution in [2.75, 3.05) is 6.61 Å². The zero-order valence-electron chi connectivity index (χ0n) is 14.4. The highest BCUT2D eigenvalue weighted by Crippen LogP contribution is 2.02. The number of esters is 1. The average molecular weight is 330 g/mol. The van der Waals surface area contributed by atoms with Crippen LogP contribution in [-0.2, 0) is 4.74 Å². The molecule has 2 aromatic rings. The summed E-state index contributed by atoms with van der Waals surface area (Å²) < 4.78 is 6.20. The number of aromatic amines is 1. The monoisotopic (exact) mass is 330 g/mol. The van der Waals surface area contributed by atoms with Gasteiger partial charge in [0.2, 0.25) is 5.95 Å². The Balaban J connectivity index is 0.00000139. The Morgan fingerprint density at radius 1 is 1.46 bits per heavy atom. The van der Waals surface area contributed by atoms with Crippen LogP contribution in [0.15, 0.2) is 29.8 Å². The van der Waals surface area contributed by atoms with E-state index in [4.69, 9.17) is 4.74 Å². The molecule has 0 aliphatic carbocycles. The van der Waals surface area contributed by atoms with Crippen molar-refractivity contribution in [2.24, 2.45) is 0 Å². The molecule has 2 rings (SSSR count). The van der Waals surface area contributed by atoms with Crippen molar-refractivity contribution in [1.29, 1.82) is 0 Å². The first kappa shape index (κ1) is 19.1. The lowest BCUT2D eigenvalue weighted by Gasteiger charge is -2.00. The van der Waals surface area contributed by atoms with E-state index in [1.807, 2.05) is 13.8 Å². The first-order chi connectivity index (χ1) is 11.6. The molecule has 0 saturated heterocycles. The number of nitrogens with one attached hydrogen (secondary N) is 1. The minimum atomic E-state index is -0.479. The number of aromatic nitrogens is 4. The molecule has 2 aromatic heterocycles. The topological polar surface area (TPSA) is 89.9 Å². The van der Waals surface area contributed by atoms with Crippen LogP contribution < -0.4 is 16.1 Å². The molecule has 0 fully saturated rings. The number of ether oxygens (including phenoxy) is 1. The van der Waals surface area contributed by atoms with E-state index in [1.54, 1.807) is 32.1 Å². The summed E-state index contributed by atoms with van der Waals surface area (Å²) in [6.45, 7) is 11.4. The van der Waals surface area contributed by atoms with Crippen molar-refractivity contribution < 1.29 is 9.53 Å². The summed E-state index contributed by atoms with van der Waals surface area (Å²) in [5.41, 5.74) is -0.0151. The van der Waals surface area contributed by atoms with E-state index < -0.39 is 5.97 Å². The van der Waals surface area contributed by atoms with Crippen LogP contribution in [0.4, 0.5) is 0 Å². The molecular formula is C17H22N4O3. The summed E-state index contributed by atoms with van der Waals surface area (Å²) in [5, 5.41) is 4.94. The van der Waals surface area contributed by atoms with E-state index in [0.717, 1.165) is 0 Å². The third-order valence-electron chi connectivity index (χ3n) is 2.85. The Morgan fingerprint density at radius 2 is 2.17 bits per heavy atom. The second-order valence-corrected chi connectivity index (χ2v) is 4.27. The molecule has 24 heavy (non-hydrogen) atoms. The quantitative estimate of drug-likeness (QED) is 0.842. The molecule has 0 radical (unpaired) electrons. The summed E-state index contributed by atoms with van der Waals surface area (Å²) in [5.74, 6) is -0.272. The van der Waals surface area contributed by atoms with Crippen molar-refractivity contribution in [3.63, 3.8) is 0 Å². The van der Waals surface area contributed by atoms with Crippen LogP contribution in [0, 0.1) is 0 Å². The number of hydrogen-bond donors (Lipinski definition) is 1. The molecule has 0 atom stereocenters. The Bertz CT molecular complexity index is 878. The predicted molar refractivity (Wildman–Crippen MR) is 93.3 cm³/mol. The summed E-state index contributed by atoms with van der Waals surface area (Å²) in [4.78, 5) is 30.6. The molecule has 0 bridgehead atoms. The van der Waals surface area contributed by atoms with Crippen molar-refractivity contribution >= 4 is 18.1 Å². The third kappa shape index (κ3) is 4.28. The number of nitrogens with zero attached hydrogens (tertiary/aromatic N) is 3. The summed E-state index contributed by atoms with van der Waals surface area (Å²) in [6, 6.07) is 0. The van der Waals surface area contributed by atoms with Gasteiger partial charge >= 0.3 is 5.97 Å². The third-order valence-corrected chi connectivity index (χ3v) is 2.85. The van der Waals surface area contributed by atoms with Crippen LogP contribution in [-0.4, -0.2) is 32.3 Å². The second-order valence-electron chi connectivity index (χ2n) is 4.27. The van der Waals surface area contributed by atoms with Crippen molar-refractivity contribution in [3.8, 4) is 5.95 Å². The molecule has 0 aliphatic rings. The minimum Gasteiger partial charge on any atom is -0.462 e. The Kier molecular flexibility index (Phi) is 7.35. The normalized spacial score (nSPS) is 11.7. The maximum atomic E-state index is 12.1. The molecule has 7 nitrogen and oxygen atoms in total. The number of allylic oxidation sites excluding steroid dienone is 1. The Labute approximate surface area is 140 Å². The van der Waals surface area contributed by atoms with Crippen LogP contribution in [0.5, 0.6) is 0 Å². The van der Waals surface area contributed by atoms with E-state index >= 15 is 0 Å². The molecule has 0 unspecified atom stereocenters. The van der Waals surface area contributed by atoms with Gasteiger partial charge in [-0.05, 0) is 19.9 Å². The summed E-state index contributed by atoms with van der Waals surface area (Å²) in [6.07, 6.45) is 7.64. The molecule has 0 aliphatic heterocycles. The highest BCUT2D eigenvalue weighted by molar-refractivity contribution is 5.88. The van der Waals surface area contributed by atoms with Gasteiger partial charge in [-0.15, -0.1) is 0 Å². The lowest BCUT2D eigenvalue weighted by molar-refractivity contribution is 0.0526.